The van der Waals surface area contributed by atoms with Gasteiger partial charge in [-0.3, -0.25) is 0 Å². The third-order valence-corrected chi connectivity index (χ3v) is 3.38. The van der Waals surface area contributed by atoms with E-state index in [-0.39, 0.29) is 13.0 Å². The van der Waals surface area contributed by atoms with Crippen LogP contribution in [-0.2, 0) is 12.0 Å². The molecular formula is C15H15ClFNO. The molecule has 19 heavy (non-hydrogen) atoms. The van der Waals surface area contributed by atoms with Gasteiger partial charge in [-0.05, 0) is 23.3 Å². The standard InChI is InChI=1S/C15H15ClFNO/c16-13-7-6-11(14(17)8-13)9-15(19,10-18)12-4-2-1-3-5-12/h1-8,19H,9-10,18H2. The van der Waals surface area contributed by atoms with Gasteiger partial charge in [0.1, 0.15) is 11.4 Å². The van der Waals surface area contributed by atoms with Gasteiger partial charge in [0.15, 0.2) is 0 Å². The molecule has 0 heterocycles. The number of halogens is 2. The van der Waals surface area contributed by atoms with Crippen molar-refractivity contribution in [3.8, 4) is 0 Å². The van der Waals surface area contributed by atoms with Crippen molar-refractivity contribution >= 4 is 11.6 Å². The molecule has 4 heteroatoms. The Morgan fingerprint density at radius 1 is 1.16 bits per heavy atom. The Hall–Kier alpha value is -1.42. The van der Waals surface area contributed by atoms with Crippen LogP contribution >= 0.6 is 11.6 Å². The zero-order valence-electron chi connectivity index (χ0n) is 10.3. The van der Waals surface area contributed by atoms with Gasteiger partial charge in [0.2, 0.25) is 0 Å². The van der Waals surface area contributed by atoms with E-state index in [0.29, 0.717) is 16.1 Å². The Labute approximate surface area is 116 Å². The molecule has 2 aromatic carbocycles. The van der Waals surface area contributed by atoms with Crippen LogP contribution in [0.5, 0.6) is 0 Å². The Morgan fingerprint density at radius 3 is 2.42 bits per heavy atom. The van der Waals surface area contributed by atoms with Crippen molar-refractivity contribution in [2.75, 3.05) is 6.54 Å². The maximum absolute atomic E-state index is 13.8. The Bertz CT molecular complexity index is 561. The minimum Gasteiger partial charge on any atom is -0.383 e. The third kappa shape index (κ3) is 3.13. The van der Waals surface area contributed by atoms with Gasteiger partial charge < -0.3 is 10.8 Å². The van der Waals surface area contributed by atoms with E-state index in [1.165, 1.54) is 6.07 Å². The highest BCUT2D eigenvalue weighted by atomic mass is 35.5. The first-order valence-electron chi connectivity index (χ1n) is 5.97. The van der Waals surface area contributed by atoms with Crippen molar-refractivity contribution in [1.82, 2.24) is 0 Å². The Balaban J connectivity index is 2.33. The second kappa shape index (κ2) is 5.70. The maximum Gasteiger partial charge on any atom is 0.128 e. The van der Waals surface area contributed by atoms with Gasteiger partial charge in [0.25, 0.3) is 0 Å². The predicted molar refractivity (Wildman–Crippen MR) is 74.5 cm³/mol. The van der Waals surface area contributed by atoms with Crippen molar-refractivity contribution in [3.05, 3.63) is 70.5 Å². The molecule has 0 bridgehead atoms. The third-order valence-electron chi connectivity index (χ3n) is 3.15. The topological polar surface area (TPSA) is 46.2 Å². The van der Waals surface area contributed by atoms with Crippen molar-refractivity contribution in [2.24, 2.45) is 5.73 Å². The summed E-state index contributed by atoms with van der Waals surface area (Å²) in [5, 5.41) is 10.9. The molecule has 0 aliphatic carbocycles. The van der Waals surface area contributed by atoms with E-state index in [2.05, 4.69) is 0 Å². The molecule has 2 aromatic rings. The fourth-order valence-electron chi connectivity index (χ4n) is 2.02. The molecule has 0 aromatic heterocycles. The summed E-state index contributed by atoms with van der Waals surface area (Å²) < 4.78 is 13.8. The summed E-state index contributed by atoms with van der Waals surface area (Å²) in [6.45, 7) is 0.0130. The van der Waals surface area contributed by atoms with Gasteiger partial charge >= 0.3 is 0 Å². The van der Waals surface area contributed by atoms with E-state index in [1.807, 2.05) is 18.2 Å². The summed E-state index contributed by atoms with van der Waals surface area (Å²) >= 11 is 5.71. The average Bonchev–Trinajstić information content (AvgIpc) is 2.43. The molecule has 100 valence electrons. The van der Waals surface area contributed by atoms with Gasteiger partial charge in [0.05, 0.1) is 0 Å². The largest absolute Gasteiger partial charge is 0.383 e. The lowest BCUT2D eigenvalue weighted by molar-refractivity contribution is 0.0454. The van der Waals surface area contributed by atoms with E-state index < -0.39 is 11.4 Å². The molecule has 2 rings (SSSR count). The molecule has 0 aliphatic heterocycles. The highest BCUT2D eigenvalue weighted by Crippen LogP contribution is 2.27. The Morgan fingerprint density at radius 2 is 1.84 bits per heavy atom. The molecule has 2 nitrogen and oxygen atoms in total. The van der Waals surface area contributed by atoms with Crippen LogP contribution in [0.3, 0.4) is 0 Å². The first-order valence-corrected chi connectivity index (χ1v) is 6.35. The highest BCUT2D eigenvalue weighted by Gasteiger charge is 2.28. The molecule has 0 aliphatic rings. The van der Waals surface area contributed by atoms with Gasteiger partial charge in [-0.2, -0.15) is 0 Å². The molecular weight excluding hydrogens is 265 g/mol. The number of aliphatic hydroxyl groups is 1. The van der Waals surface area contributed by atoms with Gasteiger partial charge in [-0.25, -0.2) is 4.39 Å². The number of hydrogen-bond acceptors (Lipinski definition) is 2. The van der Waals surface area contributed by atoms with E-state index in [9.17, 15) is 9.50 Å². The van der Waals surface area contributed by atoms with Crippen LogP contribution in [-0.4, -0.2) is 11.7 Å². The zero-order chi connectivity index (χ0) is 13.9. The summed E-state index contributed by atoms with van der Waals surface area (Å²) in [4.78, 5) is 0. The molecule has 0 amide bonds. The van der Waals surface area contributed by atoms with Crippen LogP contribution < -0.4 is 5.73 Å². The highest BCUT2D eigenvalue weighted by molar-refractivity contribution is 6.30. The number of rotatable bonds is 4. The fraction of sp³-hybridized carbons (Fsp3) is 0.200. The minimum atomic E-state index is -1.28. The van der Waals surface area contributed by atoms with E-state index in [1.54, 1.807) is 24.3 Å². The van der Waals surface area contributed by atoms with Crippen LogP contribution in [0.15, 0.2) is 48.5 Å². The summed E-state index contributed by atoms with van der Waals surface area (Å²) in [5.41, 5.74) is 5.45. The molecule has 1 unspecified atom stereocenters. The monoisotopic (exact) mass is 279 g/mol. The number of hydrogen-bond donors (Lipinski definition) is 2. The summed E-state index contributed by atoms with van der Waals surface area (Å²) in [6.07, 6.45) is 0.108. The SMILES string of the molecule is NCC(O)(Cc1ccc(Cl)cc1F)c1ccccc1. The van der Waals surface area contributed by atoms with Crippen molar-refractivity contribution in [2.45, 2.75) is 12.0 Å². The minimum absolute atomic E-state index is 0.0130. The molecule has 0 fully saturated rings. The molecule has 0 spiro atoms. The second-order valence-corrected chi connectivity index (χ2v) is 4.95. The van der Waals surface area contributed by atoms with E-state index in [0.717, 1.165) is 0 Å². The quantitative estimate of drug-likeness (QED) is 0.904. The van der Waals surface area contributed by atoms with Crippen LogP contribution in [0, 0.1) is 5.82 Å². The van der Waals surface area contributed by atoms with Crippen LogP contribution in [0.4, 0.5) is 4.39 Å². The van der Waals surface area contributed by atoms with E-state index >= 15 is 0 Å². The van der Waals surface area contributed by atoms with Crippen LogP contribution in [0.2, 0.25) is 5.02 Å². The average molecular weight is 280 g/mol. The smallest absolute Gasteiger partial charge is 0.128 e. The first kappa shape index (κ1) is 14.0. The predicted octanol–water partition coefficient (Wildman–Crippen LogP) is 2.87. The molecule has 0 saturated heterocycles. The van der Waals surface area contributed by atoms with E-state index in [4.69, 9.17) is 17.3 Å². The van der Waals surface area contributed by atoms with Crippen LogP contribution in [0.25, 0.3) is 0 Å². The summed E-state index contributed by atoms with van der Waals surface area (Å²) in [7, 11) is 0. The number of nitrogens with two attached hydrogens (primary N) is 1. The lowest BCUT2D eigenvalue weighted by Gasteiger charge is -2.27. The lowest BCUT2D eigenvalue weighted by atomic mass is 9.87. The van der Waals surface area contributed by atoms with Crippen molar-refractivity contribution in [1.29, 1.82) is 0 Å². The molecule has 1 atom stereocenters. The summed E-state index contributed by atoms with van der Waals surface area (Å²) in [5.74, 6) is -0.435. The first-order chi connectivity index (χ1) is 9.05. The molecule has 0 radical (unpaired) electrons. The van der Waals surface area contributed by atoms with Crippen molar-refractivity contribution in [3.63, 3.8) is 0 Å². The summed E-state index contributed by atoms with van der Waals surface area (Å²) in [6, 6.07) is 13.4. The van der Waals surface area contributed by atoms with Gasteiger partial charge in [0, 0.05) is 18.0 Å². The van der Waals surface area contributed by atoms with Crippen LogP contribution in [0.1, 0.15) is 11.1 Å². The van der Waals surface area contributed by atoms with Gasteiger partial charge in [-0.1, -0.05) is 48.0 Å². The second-order valence-electron chi connectivity index (χ2n) is 4.51. The number of benzene rings is 2. The molecule has 0 saturated carbocycles. The van der Waals surface area contributed by atoms with Gasteiger partial charge in [-0.15, -0.1) is 0 Å². The normalized spacial score (nSPS) is 14.1. The zero-order valence-corrected chi connectivity index (χ0v) is 11.1. The molecule has 3 N–H and O–H groups in total. The maximum atomic E-state index is 13.8. The lowest BCUT2D eigenvalue weighted by Crippen LogP contribution is -2.37. The Kier molecular flexibility index (Phi) is 4.20. The fourth-order valence-corrected chi connectivity index (χ4v) is 2.18. The van der Waals surface area contributed by atoms with Crippen molar-refractivity contribution < 1.29 is 9.50 Å².